The van der Waals surface area contributed by atoms with Gasteiger partial charge in [0, 0.05) is 74.8 Å². The minimum atomic E-state index is -0.246. The van der Waals surface area contributed by atoms with Gasteiger partial charge in [0.05, 0.1) is 23.1 Å². The summed E-state index contributed by atoms with van der Waals surface area (Å²) in [7, 11) is 2.15. The molecule has 2 saturated heterocycles. The third-order valence-electron chi connectivity index (χ3n) is 7.36. The Morgan fingerprint density at radius 2 is 1.81 bits per heavy atom. The zero-order valence-corrected chi connectivity index (χ0v) is 21.2. The van der Waals surface area contributed by atoms with Crippen LogP contribution in [0.5, 0.6) is 0 Å². The molecule has 0 atom stereocenters. The van der Waals surface area contributed by atoms with Crippen molar-refractivity contribution in [3.63, 3.8) is 0 Å². The van der Waals surface area contributed by atoms with Crippen molar-refractivity contribution in [2.24, 2.45) is 0 Å². The molecule has 9 heteroatoms. The number of rotatable bonds is 6. The van der Waals surface area contributed by atoms with Crippen molar-refractivity contribution in [2.75, 3.05) is 56.5 Å². The molecule has 1 aromatic carbocycles. The molecule has 1 amide bonds. The number of benzene rings is 1. The molecule has 0 saturated carbocycles. The first-order chi connectivity index (χ1) is 18.1. The van der Waals surface area contributed by atoms with Crippen molar-refractivity contribution in [1.82, 2.24) is 30.0 Å². The van der Waals surface area contributed by atoms with E-state index in [1.807, 2.05) is 42.7 Å². The molecule has 4 aromatic rings. The summed E-state index contributed by atoms with van der Waals surface area (Å²) in [6.07, 6.45) is 8.00. The van der Waals surface area contributed by atoms with E-state index in [-0.39, 0.29) is 5.91 Å². The minimum absolute atomic E-state index is 0.246. The van der Waals surface area contributed by atoms with Gasteiger partial charge < -0.3 is 15.1 Å². The van der Waals surface area contributed by atoms with Gasteiger partial charge in [0.2, 0.25) is 0 Å². The number of carbonyl (C=O) groups excluding carboxylic acids is 1. The molecule has 0 unspecified atom stereocenters. The molecular formula is C28H32N8O. The fourth-order valence-electron chi connectivity index (χ4n) is 5.17. The molecule has 2 aliphatic rings. The molecule has 9 nitrogen and oxygen atoms in total. The molecule has 0 bridgehead atoms. The summed E-state index contributed by atoms with van der Waals surface area (Å²) in [5.74, 6) is -0.246. The van der Waals surface area contributed by atoms with E-state index < -0.39 is 0 Å². The Kier molecular flexibility index (Phi) is 6.55. The lowest BCUT2D eigenvalue weighted by atomic mass is 10.0. The first-order valence-electron chi connectivity index (χ1n) is 13.0. The summed E-state index contributed by atoms with van der Waals surface area (Å²) < 4.78 is 0. The van der Waals surface area contributed by atoms with Gasteiger partial charge in [0.15, 0.2) is 5.69 Å². The smallest absolute Gasteiger partial charge is 0.276 e. The Bertz CT molecular complexity index is 1400. The second kappa shape index (κ2) is 10.3. The number of anilines is 2. The quantitative estimate of drug-likeness (QED) is 0.421. The van der Waals surface area contributed by atoms with Gasteiger partial charge in [-0.2, -0.15) is 5.10 Å². The van der Waals surface area contributed by atoms with Crippen LogP contribution in [0.1, 0.15) is 29.0 Å². The van der Waals surface area contributed by atoms with Gasteiger partial charge in [-0.1, -0.05) is 6.07 Å². The van der Waals surface area contributed by atoms with E-state index in [9.17, 15) is 4.79 Å². The van der Waals surface area contributed by atoms with Gasteiger partial charge in [-0.15, -0.1) is 0 Å². The normalized spacial score (nSPS) is 16.9. The van der Waals surface area contributed by atoms with Gasteiger partial charge in [-0.3, -0.25) is 24.8 Å². The maximum absolute atomic E-state index is 13.3. The van der Waals surface area contributed by atoms with Crippen molar-refractivity contribution in [1.29, 1.82) is 0 Å². The van der Waals surface area contributed by atoms with E-state index in [0.717, 1.165) is 84.9 Å². The fraction of sp³-hybridized carbons (Fsp3) is 0.357. The predicted octanol–water partition coefficient (Wildman–Crippen LogP) is 3.62. The van der Waals surface area contributed by atoms with Crippen molar-refractivity contribution in [2.45, 2.75) is 19.4 Å². The summed E-state index contributed by atoms with van der Waals surface area (Å²) in [6.45, 7) is 7.08. The van der Waals surface area contributed by atoms with Crippen LogP contribution in [0.25, 0.3) is 22.0 Å². The molecule has 190 valence electrons. The number of amides is 1. The molecule has 2 aliphatic heterocycles. The highest BCUT2D eigenvalue weighted by Gasteiger charge is 2.18. The molecule has 0 radical (unpaired) electrons. The van der Waals surface area contributed by atoms with Crippen molar-refractivity contribution in [3.05, 3.63) is 66.4 Å². The lowest BCUT2D eigenvalue weighted by molar-refractivity contribution is 0.102. The summed E-state index contributed by atoms with van der Waals surface area (Å²) in [5.41, 5.74) is 6.04. The van der Waals surface area contributed by atoms with Crippen molar-refractivity contribution >= 4 is 28.2 Å². The van der Waals surface area contributed by atoms with E-state index >= 15 is 0 Å². The van der Waals surface area contributed by atoms with Gasteiger partial charge in [-0.25, -0.2) is 0 Å². The number of nitrogens with zero attached hydrogens (tertiary/aromatic N) is 6. The van der Waals surface area contributed by atoms with E-state index in [1.165, 1.54) is 12.8 Å². The van der Waals surface area contributed by atoms with Crippen molar-refractivity contribution < 1.29 is 4.79 Å². The Morgan fingerprint density at radius 3 is 2.65 bits per heavy atom. The largest absolute Gasteiger partial charge is 0.370 e. The molecule has 5 heterocycles. The van der Waals surface area contributed by atoms with Crippen LogP contribution >= 0.6 is 0 Å². The average Bonchev–Trinajstić information content (AvgIpc) is 3.61. The number of hydrogen-bond donors (Lipinski definition) is 2. The Morgan fingerprint density at radius 1 is 0.973 bits per heavy atom. The number of piperazine rings is 1. The van der Waals surface area contributed by atoms with Crippen LogP contribution in [0.15, 0.2) is 55.0 Å². The number of carbonyl (C=O) groups is 1. The molecule has 0 spiro atoms. The Hall–Kier alpha value is -3.82. The van der Waals surface area contributed by atoms with E-state index in [4.69, 9.17) is 0 Å². The van der Waals surface area contributed by atoms with Crippen molar-refractivity contribution in [3.8, 4) is 11.1 Å². The van der Waals surface area contributed by atoms with Crippen LogP contribution < -0.4 is 10.2 Å². The highest BCUT2D eigenvalue weighted by Crippen LogP contribution is 2.29. The number of fused-ring (bicyclic) bond motifs is 1. The molecule has 0 aliphatic carbocycles. The fourth-order valence-corrected chi connectivity index (χ4v) is 5.17. The monoisotopic (exact) mass is 496 g/mol. The molecule has 2 fully saturated rings. The topological polar surface area (TPSA) is 93.3 Å². The standard InChI is InChI=1S/C28H32N8O/c1-34-10-12-35(13-11-34)19-23-16-22(6-7-30-23)31-28(37)27-25-15-20(4-5-26(25)32-33-27)21-14-24(18-29-17-21)36-8-2-3-9-36/h4-7,14-18H,2-3,8-13,19H2,1H3,(H,32,33)(H,30,31,37). The average molecular weight is 497 g/mol. The number of aromatic amines is 1. The van der Waals surface area contributed by atoms with Gasteiger partial charge >= 0.3 is 0 Å². The highest BCUT2D eigenvalue weighted by molar-refractivity contribution is 6.11. The summed E-state index contributed by atoms with van der Waals surface area (Å²) in [5, 5.41) is 11.1. The molecule has 3 aromatic heterocycles. The summed E-state index contributed by atoms with van der Waals surface area (Å²) in [4.78, 5) is 29.4. The highest BCUT2D eigenvalue weighted by atomic mass is 16.1. The van der Waals surface area contributed by atoms with Gasteiger partial charge in [-0.05, 0) is 55.8 Å². The number of H-pyrrole nitrogens is 1. The number of pyridine rings is 2. The molecular weight excluding hydrogens is 464 g/mol. The molecule has 6 rings (SSSR count). The number of nitrogens with one attached hydrogen (secondary N) is 2. The Labute approximate surface area is 216 Å². The summed E-state index contributed by atoms with van der Waals surface area (Å²) >= 11 is 0. The molecule has 37 heavy (non-hydrogen) atoms. The third-order valence-corrected chi connectivity index (χ3v) is 7.36. The van der Waals surface area contributed by atoms with Crippen LogP contribution in [0.4, 0.5) is 11.4 Å². The van der Waals surface area contributed by atoms with Crippen LogP contribution in [-0.4, -0.2) is 82.2 Å². The first kappa shape index (κ1) is 23.6. The number of likely N-dealkylation sites (N-methyl/N-ethyl adjacent to an activating group) is 1. The maximum atomic E-state index is 13.3. The number of aromatic nitrogens is 4. The van der Waals surface area contributed by atoms with E-state index in [1.54, 1.807) is 6.20 Å². The van der Waals surface area contributed by atoms with E-state index in [2.05, 4.69) is 53.3 Å². The van der Waals surface area contributed by atoms with Crippen LogP contribution in [0.3, 0.4) is 0 Å². The maximum Gasteiger partial charge on any atom is 0.276 e. The molecule has 2 N–H and O–H groups in total. The second-order valence-electron chi connectivity index (χ2n) is 10.0. The lowest BCUT2D eigenvalue weighted by Gasteiger charge is -2.32. The van der Waals surface area contributed by atoms with Crippen LogP contribution in [0.2, 0.25) is 0 Å². The third kappa shape index (κ3) is 5.19. The van der Waals surface area contributed by atoms with Crippen LogP contribution in [0, 0.1) is 0 Å². The van der Waals surface area contributed by atoms with E-state index in [0.29, 0.717) is 5.69 Å². The SMILES string of the molecule is CN1CCN(Cc2cc(NC(=O)c3n[nH]c4ccc(-c5cncc(N6CCCC6)c5)cc34)ccn2)CC1. The van der Waals surface area contributed by atoms with Gasteiger partial charge in [0.25, 0.3) is 5.91 Å². The lowest BCUT2D eigenvalue weighted by Crippen LogP contribution is -2.44. The predicted molar refractivity (Wildman–Crippen MR) is 146 cm³/mol. The minimum Gasteiger partial charge on any atom is -0.370 e. The second-order valence-corrected chi connectivity index (χ2v) is 10.0. The number of hydrogen-bond acceptors (Lipinski definition) is 7. The first-order valence-corrected chi connectivity index (χ1v) is 13.0. The van der Waals surface area contributed by atoms with Gasteiger partial charge in [0.1, 0.15) is 0 Å². The zero-order chi connectivity index (χ0) is 25.2. The summed E-state index contributed by atoms with van der Waals surface area (Å²) in [6, 6.07) is 12.0. The van der Waals surface area contributed by atoms with Crippen LogP contribution in [-0.2, 0) is 6.54 Å². The Balaban J connectivity index is 1.20. The zero-order valence-electron chi connectivity index (χ0n) is 21.2.